The predicted molar refractivity (Wildman–Crippen MR) is 343 cm³/mol. The van der Waals surface area contributed by atoms with Gasteiger partial charge >= 0.3 is 0 Å². The summed E-state index contributed by atoms with van der Waals surface area (Å²) in [6.07, 6.45) is 8.90. The molecule has 0 unspecified atom stereocenters. The van der Waals surface area contributed by atoms with Crippen molar-refractivity contribution in [2.45, 2.75) is 34.6 Å². The number of nitrogens with zero attached hydrogens (tertiary/aromatic N) is 5. The molecule has 0 aliphatic heterocycles. The molecule has 0 atom stereocenters. The van der Waals surface area contributed by atoms with E-state index in [4.69, 9.17) is 6.85 Å². The van der Waals surface area contributed by atoms with E-state index in [0.29, 0.717) is 11.3 Å². The van der Waals surface area contributed by atoms with E-state index in [1.807, 2.05) is 146 Å². The van der Waals surface area contributed by atoms with Crippen LogP contribution in [0.1, 0.15) is 34.7 Å². The number of hydrogen-bond donors (Lipinski definition) is 0. The summed E-state index contributed by atoms with van der Waals surface area (Å²) in [5, 5.41) is 0. The molecule has 3 radical (unpaired) electrons. The zero-order valence-electron chi connectivity index (χ0n) is 53.0. The summed E-state index contributed by atoms with van der Waals surface area (Å²) >= 11 is 0. The Hall–Kier alpha value is -8.54. The van der Waals surface area contributed by atoms with Crippen LogP contribution in [0.15, 0.2) is 286 Å². The smallest absolute Gasteiger partial charge is 0.0629 e. The molecule has 0 spiro atoms. The standard InChI is InChI=1S/C20H18N.2C17H12N.2C12H10N.3Ir/c1-14-9-15(2)11-18(10-14)20-12-16(3)19(13-21-20)17-7-5-4-6-8-17;1-3-7-14(8-4-1)16-11-12-17(18-13-16)15-9-5-2-6-10-15;1-2-7-14(8-3-1)15-9-6-10-16(13-15)17-11-4-5-12-18-17;2*1-10-6-5-9-13-12(10)11-7-3-2-4-8-11;;;/h4-10,12-13H,1-3H3;2*1-9,11-13H;2*2-7,9H,1H3;;;/q5*-1;;;/i;1D,3D,4D,7D,8D;;;;;;. The molecular weight excluding hydrogens is 1580 g/mol. The van der Waals surface area contributed by atoms with Crippen molar-refractivity contribution in [3.8, 4) is 89.7 Å². The molecule has 5 nitrogen and oxygen atoms in total. The van der Waals surface area contributed by atoms with Crippen molar-refractivity contribution < 1.29 is 67.2 Å². The molecule has 86 heavy (non-hydrogen) atoms. The van der Waals surface area contributed by atoms with Crippen molar-refractivity contribution in [1.82, 2.24) is 24.9 Å². The van der Waals surface area contributed by atoms with E-state index in [-0.39, 0.29) is 90.0 Å². The van der Waals surface area contributed by atoms with Gasteiger partial charge in [0, 0.05) is 96.9 Å². The first-order chi connectivity index (χ1) is 42.8. The van der Waals surface area contributed by atoms with E-state index < -0.39 is 6.04 Å². The molecule has 431 valence electrons. The fourth-order valence-corrected chi connectivity index (χ4v) is 8.87. The SMILES string of the molecule is Cc1[c-]c(-c2cc(C)c(-c3ccccc3)cn2)cc(C)c1.Cc1cccnc1-c1[c-]cccc1.Cc1cccnc1-c1[c-]cccc1.[2H]c1c([2H])c([2H])c(-c2ccc(-c3[c-]cccc3)nc2)c([2H])c1[2H].[Ir].[Ir].[Ir].[c-]1ccc(-c2ccccc2)cc1-c1ccccn1. The average Bonchev–Trinajstić information content (AvgIpc) is 1.14. The van der Waals surface area contributed by atoms with Crippen molar-refractivity contribution >= 4 is 0 Å². The van der Waals surface area contributed by atoms with Gasteiger partial charge in [0.25, 0.3) is 0 Å². The van der Waals surface area contributed by atoms with Crippen molar-refractivity contribution in [1.29, 1.82) is 0 Å². The van der Waals surface area contributed by atoms with Crippen LogP contribution < -0.4 is 0 Å². The molecule has 8 heteroatoms. The number of pyridine rings is 5. The molecule has 13 rings (SSSR count). The van der Waals surface area contributed by atoms with Crippen molar-refractivity contribution in [2.24, 2.45) is 0 Å². The van der Waals surface area contributed by atoms with Gasteiger partial charge in [0.1, 0.15) is 0 Å². The van der Waals surface area contributed by atoms with E-state index in [9.17, 15) is 0 Å². The Morgan fingerprint density at radius 2 is 0.860 bits per heavy atom. The van der Waals surface area contributed by atoms with Gasteiger partial charge in [-0.15, -0.1) is 178 Å². The van der Waals surface area contributed by atoms with Crippen molar-refractivity contribution in [3.63, 3.8) is 0 Å². The van der Waals surface area contributed by atoms with E-state index in [0.717, 1.165) is 56.2 Å². The second-order valence-corrected chi connectivity index (χ2v) is 19.2. The molecule has 0 aliphatic rings. The van der Waals surface area contributed by atoms with Crippen LogP contribution in [0.2, 0.25) is 0 Å². The third kappa shape index (κ3) is 19.5. The van der Waals surface area contributed by atoms with Crippen molar-refractivity contribution in [2.75, 3.05) is 0 Å². The Morgan fingerprint density at radius 1 is 0.326 bits per heavy atom. The quantitative estimate of drug-likeness (QED) is 0.142. The Kier molecular flexibility index (Phi) is 24.1. The first kappa shape index (κ1) is 59.2. The van der Waals surface area contributed by atoms with Crippen molar-refractivity contribution in [3.05, 3.63) is 344 Å². The maximum atomic E-state index is 7.98. The summed E-state index contributed by atoms with van der Waals surface area (Å²) in [7, 11) is 0. The van der Waals surface area contributed by atoms with Gasteiger partial charge in [-0.05, 0) is 95.3 Å². The van der Waals surface area contributed by atoms with Crippen LogP contribution in [0.5, 0.6) is 0 Å². The Bertz CT molecular complexity index is 4180. The summed E-state index contributed by atoms with van der Waals surface area (Å²) in [5.41, 5.74) is 21.2. The van der Waals surface area contributed by atoms with Crippen LogP contribution in [-0.2, 0) is 60.3 Å². The summed E-state index contributed by atoms with van der Waals surface area (Å²) in [4.78, 5) is 21.9. The molecule has 0 aliphatic carbocycles. The van der Waals surface area contributed by atoms with Crippen LogP contribution in [0.3, 0.4) is 0 Å². The second-order valence-electron chi connectivity index (χ2n) is 19.2. The van der Waals surface area contributed by atoms with Crippen LogP contribution in [0, 0.1) is 65.0 Å². The number of hydrogen-bond acceptors (Lipinski definition) is 5. The summed E-state index contributed by atoms with van der Waals surface area (Å²) in [6, 6.07) is 88.3. The molecular formula is C78H62Ir3N5-5. The largest absolute Gasteiger partial charge is 0.305 e. The van der Waals surface area contributed by atoms with Crippen LogP contribution >= 0.6 is 0 Å². The van der Waals surface area contributed by atoms with Gasteiger partial charge in [0.2, 0.25) is 0 Å². The van der Waals surface area contributed by atoms with Crippen LogP contribution in [0.4, 0.5) is 0 Å². The molecule has 13 aromatic rings. The first-order valence-electron chi connectivity index (χ1n) is 29.6. The number of aromatic nitrogens is 5. The van der Waals surface area contributed by atoms with Crippen LogP contribution in [0.25, 0.3) is 89.7 Å². The zero-order chi connectivity index (χ0) is 61.8. The zero-order valence-corrected chi connectivity index (χ0v) is 55.2. The predicted octanol–water partition coefficient (Wildman–Crippen LogP) is 19.3. The molecule has 8 aromatic carbocycles. The molecule has 0 saturated heterocycles. The number of benzene rings is 8. The minimum atomic E-state index is -0.396. The molecule has 0 bridgehead atoms. The monoisotopic (exact) mass is 1650 g/mol. The Morgan fingerprint density at radius 3 is 1.38 bits per heavy atom. The van der Waals surface area contributed by atoms with Gasteiger partial charge in [-0.3, -0.25) is 0 Å². The summed E-state index contributed by atoms with van der Waals surface area (Å²) in [5.74, 6) is 0. The normalized spacial score (nSPS) is 10.7. The molecule has 0 fully saturated rings. The maximum Gasteiger partial charge on any atom is 0.0629 e. The third-order valence-corrected chi connectivity index (χ3v) is 13.0. The average molecular weight is 1650 g/mol. The first-order valence-corrected chi connectivity index (χ1v) is 27.1. The van der Waals surface area contributed by atoms with E-state index in [2.05, 4.69) is 169 Å². The maximum absolute atomic E-state index is 7.98. The van der Waals surface area contributed by atoms with E-state index in [1.54, 1.807) is 24.4 Å². The van der Waals surface area contributed by atoms with Gasteiger partial charge < -0.3 is 24.9 Å². The molecule has 0 amide bonds. The molecule has 5 aromatic heterocycles. The van der Waals surface area contributed by atoms with Crippen LogP contribution in [-0.4, -0.2) is 24.9 Å². The van der Waals surface area contributed by atoms with Gasteiger partial charge in [-0.2, -0.15) is 0 Å². The fraction of sp³-hybridized carbons (Fsp3) is 0.0641. The number of aryl methyl sites for hydroxylation is 5. The third-order valence-electron chi connectivity index (χ3n) is 13.0. The van der Waals surface area contributed by atoms with E-state index in [1.165, 1.54) is 50.7 Å². The van der Waals surface area contributed by atoms with Gasteiger partial charge in [0.15, 0.2) is 0 Å². The second kappa shape index (κ2) is 35.0. The Balaban J connectivity index is 0.000000182. The van der Waals surface area contributed by atoms with Gasteiger partial charge in [0.05, 0.1) is 6.85 Å². The topological polar surface area (TPSA) is 64.5 Å². The fourth-order valence-electron chi connectivity index (χ4n) is 8.87. The summed E-state index contributed by atoms with van der Waals surface area (Å²) < 4.78 is 39.1. The summed E-state index contributed by atoms with van der Waals surface area (Å²) in [6.45, 7) is 10.4. The van der Waals surface area contributed by atoms with Gasteiger partial charge in [-0.25, -0.2) is 0 Å². The van der Waals surface area contributed by atoms with Gasteiger partial charge in [-0.1, -0.05) is 158 Å². The number of rotatable bonds is 8. The molecule has 5 heterocycles. The Labute approximate surface area is 556 Å². The minimum Gasteiger partial charge on any atom is -0.305 e. The minimum absolute atomic E-state index is 0. The molecule has 0 N–H and O–H groups in total. The molecule has 0 saturated carbocycles. The van der Waals surface area contributed by atoms with E-state index >= 15 is 0 Å².